The van der Waals surface area contributed by atoms with Crippen molar-refractivity contribution in [3.63, 3.8) is 0 Å². The molecule has 5 rings (SSSR count). The minimum absolute atomic E-state index is 0.149. The number of aryl methyl sites for hydroxylation is 3. The van der Waals surface area contributed by atoms with E-state index in [2.05, 4.69) is 48.1 Å². The standard InChI is InChI=1S/C25H32N6O/c1-16-11-20(12-17(2)18(16)3)30-13-23(26-15-30)28-25-27-22-9-5-4-8-21(22)24(29-25)31-10-6-7-19(31)14-32/h11-13,15,19,32H,4-10,14H2,1-3H3,(H,27,28,29)/t19-/m0/s1. The van der Waals surface area contributed by atoms with Gasteiger partial charge in [-0.15, -0.1) is 0 Å². The molecule has 1 aliphatic carbocycles. The van der Waals surface area contributed by atoms with Crippen molar-refractivity contribution in [3.05, 3.63) is 52.6 Å². The predicted octanol–water partition coefficient (Wildman–Crippen LogP) is 4.17. The second kappa shape index (κ2) is 8.54. The Balaban J connectivity index is 1.46. The molecule has 1 aliphatic heterocycles. The maximum Gasteiger partial charge on any atom is 0.230 e. The number of fused-ring (bicyclic) bond motifs is 1. The molecule has 0 spiro atoms. The number of aliphatic hydroxyl groups is 1. The number of aliphatic hydroxyl groups excluding tert-OH is 1. The van der Waals surface area contributed by atoms with Crippen LogP contribution in [0, 0.1) is 20.8 Å². The molecule has 3 heterocycles. The van der Waals surface area contributed by atoms with Gasteiger partial charge >= 0.3 is 0 Å². The van der Waals surface area contributed by atoms with Crippen molar-refractivity contribution in [1.82, 2.24) is 19.5 Å². The van der Waals surface area contributed by atoms with Crippen LogP contribution in [0.1, 0.15) is 53.6 Å². The number of hydrogen-bond donors (Lipinski definition) is 2. The summed E-state index contributed by atoms with van der Waals surface area (Å²) in [5.74, 6) is 2.31. The molecule has 1 atom stereocenters. The van der Waals surface area contributed by atoms with E-state index in [9.17, 15) is 5.11 Å². The van der Waals surface area contributed by atoms with E-state index in [0.29, 0.717) is 5.95 Å². The van der Waals surface area contributed by atoms with E-state index in [1.165, 1.54) is 28.7 Å². The molecule has 2 aromatic heterocycles. The molecule has 1 fully saturated rings. The molecule has 1 aromatic carbocycles. The molecule has 32 heavy (non-hydrogen) atoms. The summed E-state index contributed by atoms with van der Waals surface area (Å²) in [5.41, 5.74) is 7.37. The maximum atomic E-state index is 9.86. The number of anilines is 3. The van der Waals surface area contributed by atoms with Crippen LogP contribution in [0.2, 0.25) is 0 Å². The molecule has 3 aromatic rings. The van der Waals surface area contributed by atoms with Crippen molar-refractivity contribution < 1.29 is 5.11 Å². The van der Waals surface area contributed by atoms with Crippen LogP contribution in [0.3, 0.4) is 0 Å². The summed E-state index contributed by atoms with van der Waals surface area (Å²) >= 11 is 0. The summed E-state index contributed by atoms with van der Waals surface area (Å²) in [4.78, 5) is 16.6. The van der Waals surface area contributed by atoms with Crippen molar-refractivity contribution >= 4 is 17.6 Å². The highest BCUT2D eigenvalue weighted by Gasteiger charge is 2.29. The zero-order valence-electron chi connectivity index (χ0n) is 19.2. The second-order valence-corrected chi connectivity index (χ2v) is 9.17. The van der Waals surface area contributed by atoms with Gasteiger partial charge in [0.25, 0.3) is 0 Å². The van der Waals surface area contributed by atoms with E-state index in [4.69, 9.17) is 9.97 Å². The van der Waals surface area contributed by atoms with Crippen LogP contribution in [-0.4, -0.2) is 43.8 Å². The van der Waals surface area contributed by atoms with E-state index in [-0.39, 0.29) is 12.6 Å². The van der Waals surface area contributed by atoms with Gasteiger partial charge in [-0.2, -0.15) is 4.98 Å². The monoisotopic (exact) mass is 432 g/mol. The zero-order chi connectivity index (χ0) is 22.2. The van der Waals surface area contributed by atoms with Gasteiger partial charge in [-0.25, -0.2) is 9.97 Å². The summed E-state index contributed by atoms with van der Waals surface area (Å²) < 4.78 is 2.03. The molecule has 168 valence electrons. The zero-order valence-corrected chi connectivity index (χ0v) is 19.2. The van der Waals surface area contributed by atoms with Crippen LogP contribution in [0.15, 0.2) is 24.7 Å². The average Bonchev–Trinajstić information content (AvgIpc) is 3.46. The van der Waals surface area contributed by atoms with Crippen LogP contribution in [-0.2, 0) is 12.8 Å². The second-order valence-electron chi connectivity index (χ2n) is 9.17. The molecular weight excluding hydrogens is 400 g/mol. The van der Waals surface area contributed by atoms with Crippen LogP contribution < -0.4 is 10.2 Å². The van der Waals surface area contributed by atoms with Gasteiger partial charge in [-0.1, -0.05) is 0 Å². The number of imidazole rings is 1. The quantitative estimate of drug-likeness (QED) is 0.630. The van der Waals surface area contributed by atoms with Gasteiger partial charge in [0, 0.05) is 17.8 Å². The highest BCUT2D eigenvalue weighted by molar-refractivity contribution is 5.58. The summed E-state index contributed by atoms with van der Waals surface area (Å²) in [7, 11) is 0. The summed E-state index contributed by atoms with van der Waals surface area (Å²) in [6, 6.07) is 4.52. The molecule has 0 bridgehead atoms. The Morgan fingerprint density at radius 1 is 1.06 bits per heavy atom. The summed E-state index contributed by atoms with van der Waals surface area (Å²) in [5, 5.41) is 13.2. The minimum Gasteiger partial charge on any atom is -0.394 e. The molecule has 0 unspecified atom stereocenters. The fourth-order valence-electron chi connectivity index (χ4n) is 4.98. The highest BCUT2D eigenvalue weighted by atomic mass is 16.3. The number of nitrogens with zero attached hydrogens (tertiary/aromatic N) is 5. The van der Waals surface area contributed by atoms with E-state index >= 15 is 0 Å². The molecule has 1 saturated heterocycles. The lowest BCUT2D eigenvalue weighted by Gasteiger charge is -2.29. The normalized spacial score (nSPS) is 18.1. The molecule has 7 heteroatoms. The van der Waals surface area contributed by atoms with Gasteiger partial charge in [-0.3, -0.25) is 0 Å². The average molecular weight is 433 g/mol. The van der Waals surface area contributed by atoms with Crippen molar-refractivity contribution in [2.45, 2.75) is 65.3 Å². The molecule has 0 saturated carbocycles. The van der Waals surface area contributed by atoms with Crippen LogP contribution in [0.4, 0.5) is 17.6 Å². The Bertz CT molecular complexity index is 1110. The van der Waals surface area contributed by atoms with Gasteiger partial charge < -0.3 is 19.9 Å². The number of benzene rings is 1. The SMILES string of the molecule is Cc1cc(-n2cnc(Nc3nc4c(c(N5CCC[C@H]5CO)n3)CCCC4)c2)cc(C)c1C. The van der Waals surface area contributed by atoms with Gasteiger partial charge in [0.05, 0.1) is 24.5 Å². The molecule has 7 nitrogen and oxygen atoms in total. The van der Waals surface area contributed by atoms with Crippen molar-refractivity contribution in [1.29, 1.82) is 0 Å². The van der Waals surface area contributed by atoms with Crippen molar-refractivity contribution in [2.75, 3.05) is 23.4 Å². The van der Waals surface area contributed by atoms with Crippen LogP contribution >= 0.6 is 0 Å². The first kappa shape index (κ1) is 20.9. The van der Waals surface area contributed by atoms with Crippen LogP contribution in [0.25, 0.3) is 5.69 Å². The molecule has 2 N–H and O–H groups in total. The van der Waals surface area contributed by atoms with Gasteiger partial charge in [0.2, 0.25) is 5.95 Å². The lowest BCUT2D eigenvalue weighted by molar-refractivity contribution is 0.266. The Labute approximate surface area is 189 Å². The Morgan fingerprint density at radius 3 is 2.62 bits per heavy atom. The van der Waals surface area contributed by atoms with E-state index < -0.39 is 0 Å². The first-order valence-electron chi connectivity index (χ1n) is 11.7. The first-order valence-corrected chi connectivity index (χ1v) is 11.7. The lowest BCUT2D eigenvalue weighted by atomic mass is 9.96. The van der Waals surface area contributed by atoms with Crippen LogP contribution in [0.5, 0.6) is 0 Å². The Morgan fingerprint density at radius 2 is 1.84 bits per heavy atom. The van der Waals surface area contributed by atoms with Gasteiger partial charge in [-0.05, 0) is 88.1 Å². The molecule has 0 radical (unpaired) electrons. The molecule has 2 aliphatic rings. The molecule has 0 amide bonds. The third-order valence-corrected chi connectivity index (χ3v) is 7.05. The summed E-state index contributed by atoms with van der Waals surface area (Å²) in [6.45, 7) is 7.54. The maximum absolute atomic E-state index is 9.86. The third-order valence-electron chi connectivity index (χ3n) is 7.05. The fourth-order valence-corrected chi connectivity index (χ4v) is 4.98. The predicted molar refractivity (Wildman–Crippen MR) is 127 cm³/mol. The fraction of sp³-hybridized carbons (Fsp3) is 0.480. The number of rotatable bonds is 5. The van der Waals surface area contributed by atoms with Crippen molar-refractivity contribution in [3.8, 4) is 5.69 Å². The lowest BCUT2D eigenvalue weighted by Crippen LogP contribution is -2.34. The van der Waals surface area contributed by atoms with Crippen molar-refractivity contribution in [2.24, 2.45) is 0 Å². The number of aromatic nitrogens is 4. The summed E-state index contributed by atoms with van der Waals surface area (Å²) in [6.07, 6.45) is 10.2. The smallest absolute Gasteiger partial charge is 0.230 e. The Hall–Kier alpha value is -2.93. The molecular formula is C25H32N6O. The highest BCUT2D eigenvalue weighted by Crippen LogP contribution is 2.33. The minimum atomic E-state index is 0.149. The van der Waals surface area contributed by atoms with E-state index in [1.807, 2.05) is 17.1 Å². The number of hydrogen-bond acceptors (Lipinski definition) is 6. The Kier molecular flexibility index (Phi) is 5.59. The largest absolute Gasteiger partial charge is 0.394 e. The van der Waals surface area contributed by atoms with E-state index in [0.717, 1.165) is 61.7 Å². The van der Waals surface area contributed by atoms with E-state index in [1.54, 1.807) is 0 Å². The van der Waals surface area contributed by atoms with Gasteiger partial charge in [0.1, 0.15) is 12.1 Å². The first-order chi connectivity index (χ1) is 15.5. The topological polar surface area (TPSA) is 79.1 Å². The number of nitrogens with one attached hydrogen (secondary N) is 1. The third kappa shape index (κ3) is 3.86. The van der Waals surface area contributed by atoms with Gasteiger partial charge in [0.15, 0.2) is 5.82 Å².